The summed E-state index contributed by atoms with van der Waals surface area (Å²) >= 11 is 0. The molecule has 2 amide bonds. The maximum Gasteiger partial charge on any atom is 0.327 e. The van der Waals surface area contributed by atoms with Gasteiger partial charge in [0.05, 0.1) is 10.7 Å². The van der Waals surface area contributed by atoms with Gasteiger partial charge < -0.3 is 4.98 Å². The van der Waals surface area contributed by atoms with Crippen molar-refractivity contribution in [1.82, 2.24) is 14.9 Å². The zero-order chi connectivity index (χ0) is 14.7. The lowest BCUT2D eigenvalue weighted by Gasteiger charge is -2.21. The first-order valence-electron chi connectivity index (χ1n) is 6.18. The number of amides is 2. The van der Waals surface area contributed by atoms with E-state index in [9.17, 15) is 14.4 Å². The summed E-state index contributed by atoms with van der Waals surface area (Å²) in [5.41, 5.74) is -0.402. The van der Waals surface area contributed by atoms with Gasteiger partial charge in [-0.25, -0.2) is 4.79 Å². The molecule has 0 saturated carbocycles. The molecule has 0 spiro atoms. The van der Waals surface area contributed by atoms with Gasteiger partial charge >= 0.3 is 5.69 Å². The van der Waals surface area contributed by atoms with Crippen molar-refractivity contribution >= 4 is 24.0 Å². The van der Waals surface area contributed by atoms with Crippen molar-refractivity contribution in [3.8, 4) is 0 Å². The summed E-state index contributed by atoms with van der Waals surface area (Å²) < 4.78 is 1.35. The average Bonchev–Trinajstić information content (AvgIpc) is 2.68. The number of carbonyl (C=O) groups is 2. The molecule has 104 valence electrons. The third-order valence-electron chi connectivity index (χ3n) is 3.08. The van der Waals surface area contributed by atoms with Crippen LogP contribution in [-0.2, 0) is 9.59 Å². The molecule has 1 aromatic rings. The van der Waals surface area contributed by atoms with Crippen molar-refractivity contribution in [2.45, 2.75) is 18.9 Å². The Labute approximate surface area is 114 Å². The Bertz CT molecular complexity index is 752. The molecule has 1 atom stereocenters. The number of nitrogens with zero attached hydrogens (tertiary/aromatic N) is 1. The lowest BCUT2D eigenvalue weighted by atomic mass is 10.1. The van der Waals surface area contributed by atoms with Crippen LogP contribution in [0.25, 0.3) is 12.2 Å². The van der Waals surface area contributed by atoms with Crippen LogP contribution in [0.3, 0.4) is 0 Å². The Hall–Kier alpha value is -2.63. The van der Waals surface area contributed by atoms with Crippen LogP contribution < -0.4 is 21.7 Å². The van der Waals surface area contributed by atoms with E-state index in [1.54, 1.807) is 18.2 Å². The van der Waals surface area contributed by atoms with Crippen LogP contribution in [0.15, 0.2) is 30.1 Å². The summed E-state index contributed by atoms with van der Waals surface area (Å²) in [7, 11) is 0. The monoisotopic (exact) mass is 273 g/mol. The zero-order valence-corrected chi connectivity index (χ0v) is 10.9. The molecule has 6 heteroatoms. The molecule has 2 heterocycles. The van der Waals surface area contributed by atoms with E-state index in [4.69, 9.17) is 0 Å². The molecule has 2 N–H and O–H groups in total. The van der Waals surface area contributed by atoms with Crippen molar-refractivity contribution in [2.24, 2.45) is 0 Å². The minimum absolute atomic E-state index is 0.210. The predicted molar refractivity (Wildman–Crippen MR) is 75.0 cm³/mol. The SMILES string of the molecule is C=C/C=c1/[nH]c(=O)n(C2CCC(=O)NC2=O)/c1=C/C=C. The second-order valence-electron chi connectivity index (χ2n) is 4.37. The van der Waals surface area contributed by atoms with Crippen LogP contribution in [0, 0.1) is 0 Å². The number of hydrogen-bond donors (Lipinski definition) is 2. The van der Waals surface area contributed by atoms with Gasteiger partial charge in [-0.15, -0.1) is 0 Å². The highest BCUT2D eigenvalue weighted by molar-refractivity contribution is 5.99. The third kappa shape index (κ3) is 2.40. The van der Waals surface area contributed by atoms with E-state index in [0.717, 1.165) is 0 Å². The molecule has 1 aliphatic heterocycles. The number of nitrogens with one attached hydrogen (secondary N) is 2. The fourth-order valence-electron chi connectivity index (χ4n) is 2.24. The Morgan fingerprint density at radius 2 is 1.85 bits per heavy atom. The molecule has 1 fully saturated rings. The normalized spacial score (nSPS) is 20.9. The van der Waals surface area contributed by atoms with E-state index >= 15 is 0 Å². The molecule has 6 nitrogen and oxygen atoms in total. The molecule has 1 aliphatic rings. The molecular weight excluding hydrogens is 258 g/mol. The lowest BCUT2D eigenvalue weighted by Crippen LogP contribution is -2.47. The largest absolute Gasteiger partial charge is 0.327 e. The molecule has 1 aromatic heterocycles. The molecule has 0 aromatic carbocycles. The van der Waals surface area contributed by atoms with Crippen LogP contribution in [0.1, 0.15) is 18.9 Å². The molecule has 0 radical (unpaired) electrons. The maximum absolute atomic E-state index is 12.1. The second-order valence-corrected chi connectivity index (χ2v) is 4.37. The predicted octanol–water partition coefficient (Wildman–Crippen LogP) is -0.913. The number of imide groups is 1. The number of imidazole rings is 1. The van der Waals surface area contributed by atoms with Crippen LogP contribution in [0.5, 0.6) is 0 Å². The van der Waals surface area contributed by atoms with Crippen LogP contribution in [0.4, 0.5) is 0 Å². The lowest BCUT2D eigenvalue weighted by molar-refractivity contribution is -0.135. The van der Waals surface area contributed by atoms with Crippen molar-refractivity contribution in [2.75, 3.05) is 0 Å². The Kier molecular flexibility index (Phi) is 3.84. The fraction of sp³-hybridized carbons (Fsp3) is 0.214. The molecule has 2 rings (SSSR count). The number of aromatic nitrogens is 2. The Morgan fingerprint density at radius 3 is 2.45 bits per heavy atom. The topological polar surface area (TPSA) is 84.0 Å². The van der Waals surface area contributed by atoms with Gasteiger partial charge in [0.15, 0.2) is 0 Å². The van der Waals surface area contributed by atoms with Gasteiger partial charge in [0.1, 0.15) is 6.04 Å². The van der Waals surface area contributed by atoms with E-state index in [1.807, 2.05) is 0 Å². The highest BCUT2D eigenvalue weighted by Crippen LogP contribution is 2.14. The summed E-state index contributed by atoms with van der Waals surface area (Å²) in [6.07, 6.45) is 6.86. The minimum atomic E-state index is -0.699. The van der Waals surface area contributed by atoms with Gasteiger partial charge in [0, 0.05) is 6.42 Å². The van der Waals surface area contributed by atoms with Gasteiger partial charge in [-0.2, -0.15) is 0 Å². The van der Waals surface area contributed by atoms with Crippen molar-refractivity contribution in [1.29, 1.82) is 0 Å². The summed E-state index contributed by atoms with van der Waals surface area (Å²) in [6, 6.07) is -0.699. The average molecular weight is 273 g/mol. The molecule has 0 bridgehead atoms. The summed E-state index contributed by atoms with van der Waals surface area (Å²) in [5.74, 6) is -0.784. The zero-order valence-electron chi connectivity index (χ0n) is 10.9. The van der Waals surface area contributed by atoms with Crippen LogP contribution >= 0.6 is 0 Å². The van der Waals surface area contributed by atoms with Crippen molar-refractivity contribution in [3.05, 3.63) is 46.5 Å². The smallest absolute Gasteiger partial charge is 0.306 e. The molecule has 1 unspecified atom stereocenters. The number of piperidine rings is 1. The summed E-state index contributed by atoms with van der Waals surface area (Å²) in [4.78, 5) is 37.8. The molecular formula is C14H15N3O3. The Balaban J connectivity index is 2.66. The summed E-state index contributed by atoms with van der Waals surface area (Å²) in [6.45, 7) is 7.19. The number of H-pyrrole nitrogens is 1. The van der Waals surface area contributed by atoms with Crippen LogP contribution in [-0.4, -0.2) is 21.4 Å². The number of carbonyl (C=O) groups excluding carboxylic acids is 2. The third-order valence-corrected chi connectivity index (χ3v) is 3.08. The Morgan fingerprint density at radius 1 is 1.15 bits per heavy atom. The number of aromatic amines is 1. The molecule has 0 aliphatic carbocycles. The molecule has 20 heavy (non-hydrogen) atoms. The second kappa shape index (κ2) is 5.56. The van der Waals surface area contributed by atoms with Gasteiger partial charge in [-0.1, -0.05) is 25.3 Å². The number of hydrogen-bond acceptors (Lipinski definition) is 3. The van der Waals surface area contributed by atoms with Gasteiger partial charge in [0.25, 0.3) is 0 Å². The van der Waals surface area contributed by atoms with Gasteiger partial charge in [-0.05, 0) is 18.6 Å². The summed E-state index contributed by atoms with van der Waals surface area (Å²) in [5, 5.41) is 3.34. The number of rotatable bonds is 3. The first kappa shape index (κ1) is 13.8. The highest BCUT2D eigenvalue weighted by Gasteiger charge is 2.29. The maximum atomic E-state index is 12.1. The first-order valence-corrected chi connectivity index (χ1v) is 6.18. The van der Waals surface area contributed by atoms with E-state index in [0.29, 0.717) is 17.1 Å². The van der Waals surface area contributed by atoms with Crippen molar-refractivity contribution in [3.63, 3.8) is 0 Å². The van der Waals surface area contributed by atoms with Crippen molar-refractivity contribution < 1.29 is 9.59 Å². The first-order chi connectivity index (χ1) is 9.58. The van der Waals surface area contributed by atoms with Crippen LogP contribution in [0.2, 0.25) is 0 Å². The minimum Gasteiger partial charge on any atom is -0.306 e. The molecule has 1 saturated heterocycles. The number of allylic oxidation sites excluding steroid dienone is 2. The quantitative estimate of drug-likeness (QED) is 0.699. The standard InChI is InChI=1S/C14H15N3O3/c1-3-5-9-10(6-4-2)17(14(20)15-9)11-7-8-12(18)16-13(11)19/h3-6,11H,1-2,7-8H2,(H,15,20)(H,16,18,19)/b9-5+,10-6+. The van der Waals surface area contributed by atoms with E-state index in [1.165, 1.54) is 10.6 Å². The van der Waals surface area contributed by atoms with E-state index in [-0.39, 0.29) is 12.3 Å². The van der Waals surface area contributed by atoms with E-state index in [2.05, 4.69) is 23.5 Å². The van der Waals surface area contributed by atoms with E-state index < -0.39 is 17.6 Å². The van der Waals surface area contributed by atoms with Gasteiger partial charge in [-0.3, -0.25) is 19.5 Å². The van der Waals surface area contributed by atoms with Gasteiger partial charge in [0.2, 0.25) is 11.8 Å². The highest BCUT2D eigenvalue weighted by atomic mass is 16.2. The fourth-order valence-corrected chi connectivity index (χ4v) is 2.24.